The molecule has 5 rings (SSSR count). The summed E-state index contributed by atoms with van der Waals surface area (Å²) in [6.07, 6.45) is 4.80. The Labute approximate surface area is 186 Å². The van der Waals surface area contributed by atoms with E-state index >= 15 is 0 Å². The molecule has 1 aliphatic carbocycles. The number of hydrogen-bond donors (Lipinski definition) is 1. The molecule has 0 aliphatic heterocycles. The second-order valence-corrected chi connectivity index (χ2v) is 10.5. The lowest BCUT2D eigenvalue weighted by atomic mass is 9.89. The molecule has 0 spiro atoms. The second kappa shape index (κ2) is 7.83. The zero-order valence-electron chi connectivity index (χ0n) is 16.6. The molecule has 1 aliphatic rings. The molecule has 0 saturated carbocycles. The fourth-order valence-electron chi connectivity index (χ4n) is 3.88. The second-order valence-electron chi connectivity index (χ2n) is 7.71. The number of aromatic nitrogens is 5. The molecule has 9 heteroatoms. The van der Waals surface area contributed by atoms with Gasteiger partial charge in [-0.1, -0.05) is 36.4 Å². The minimum absolute atomic E-state index is 0.0363. The molecule has 0 amide bonds. The van der Waals surface area contributed by atoms with Crippen molar-refractivity contribution in [3.05, 3.63) is 62.2 Å². The summed E-state index contributed by atoms with van der Waals surface area (Å²) in [6.45, 7) is 4.28. The van der Waals surface area contributed by atoms with Crippen molar-refractivity contribution < 1.29 is 0 Å². The summed E-state index contributed by atoms with van der Waals surface area (Å²) >= 11 is 9.30. The van der Waals surface area contributed by atoms with Gasteiger partial charge in [-0.15, -0.1) is 21.5 Å². The maximum atomic E-state index is 12.9. The van der Waals surface area contributed by atoms with Crippen molar-refractivity contribution in [1.29, 1.82) is 0 Å². The number of rotatable bonds is 4. The number of nitrogens with one attached hydrogen (secondary N) is 1. The van der Waals surface area contributed by atoms with Gasteiger partial charge in [0.05, 0.1) is 16.3 Å². The standard InChI is InChI=1S/C21H20ClN5OS2/c1-11-6-7-15-16(8-11)30-20-17(15)19(28)24-18(25-20)12(2)29-21-26-23-10-27(21)14-5-3-4-13(22)9-14/h3-5,9-12H,6-8H2,1-2H3,(H,24,25,28). The Hall–Kier alpha value is -2.16. The molecule has 1 N–H and O–H groups in total. The highest BCUT2D eigenvalue weighted by Gasteiger charge is 2.24. The Morgan fingerprint density at radius 2 is 2.27 bits per heavy atom. The van der Waals surface area contributed by atoms with Crippen LogP contribution in [0.5, 0.6) is 0 Å². The van der Waals surface area contributed by atoms with E-state index in [0.717, 1.165) is 35.2 Å². The fraction of sp³-hybridized carbons (Fsp3) is 0.333. The lowest BCUT2D eigenvalue weighted by Gasteiger charge is -2.17. The van der Waals surface area contributed by atoms with Crippen LogP contribution in [-0.2, 0) is 12.8 Å². The lowest BCUT2D eigenvalue weighted by molar-refractivity contribution is 0.509. The van der Waals surface area contributed by atoms with Gasteiger partial charge in [0.15, 0.2) is 5.16 Å². The summed E-state index contributed by atoms with van der Waals surface area (Å²) in [4.78, 5) is 22.9. The minimum Gasteiger partial charge on any atom is -0.309 e. The van der Waals surface area contributed by atoms with Crippen LogP contribution in [0.1, 0.15) is 41.8 Å². The van der Waals surface area contributed by atoms with Crippen molar-refractivity contribution in [3.8, 4) is 5.69 Å². The van der Waals surface area contributed by atoms with Crippen molar-refractivity contribution in [2.75, 3.05) is 0 Å². The average molecular weight is 458 g/mol. The van der Waals surface area contributed by atoms with E-state index in [2.05, 4.69) is 22.1 Å². The van der Waals surface area contributed by atoms with Gasteiger partial charge in [-0.2, -0.15) is 0 Å². The number of H-pyrrole nitrogens is 1. The molecule has 1 aromatic carbocycles. The molecule has 0 fully saturated rings. The van der Waals surface area contributed by atoms with Crippen molar-refractivity contribution >= 4 is 44.9 Å². The number of benzene rings is 1. The normalized spacial score (nSPS) is 17.2. The third kappa shape index (κ3) is 3.57. The molecule has 2 unspecified atom stereocenters. The number of aryl methyl sites for hydroxylation is 1. The number of thiophene rings is 1. The van der Waals surface area contributed by atoms with Gasteiger partial charge in [0.1, 0.15) is 17.0 Å². The quantitative estimate of drug-likeness (QED) is 0.426. The third-order valence-electron chi connectivity index (χ3n) is 5.45. The number of thioether (sulfide) groups is 1. The molecule has 3 heterocycles. The summed E-state index contributed by atoms with van der Waals surface area (Å²) in [6, 6.07) is 7.54. The molecule has 2 atom stereocenters. The van der Waals surface area contributed by atoms with Crippen molar-refractivity contribution in [2.45, 2.75) is 43.5 Å². The molecular weight excluding hydrogens is 438 g/mol. The van der Waals surface area contributed by atoms with Gasteiger partial charge in [0.2, 0.25) is 0 Å². The maximum Gasteiger partial charge on any atom is 0.259 e. The van der Waals surface area contributed by atoms with Crippen LogP contribution in [0.25, 0.3) is 15.9 Å². The topological polar surface area (TPSA) is 76.5 Å². The number of hydrogen-bond acceptors (Lipinski definition) is 6. The van der Waals surface area contributed by atoms with Gasteiger partial charge in [0.25, 0.3) is 5.56 Å². The van der Waals surface area contributed by atoms with Crippen LogP contribution >= 0.6 is 34.7 Å². The molecule has 30 heavy (non-hydrogen) atoms. The van der Waals surface area contributed by atoms with E-state index in [4.69, 9.17) is 16.6 Å². The highest BCUT2D eigenvalue weighted by Crippen LogP contribution is 2.37. The Balaban J connectivity index is 1.47. The van der Waals surface area contributed by atoms with Crippen molar-refractivity contribution in [3.63, 3.8) is 0 Å². The molecule has 6 nitrogen and oxygen atoms in total. The van der Waals surface area contributed by atoms with E-state index in [-0.39, 0.29) is 10.8 Å². The highest BCUT2D eigenvalue weighted by molar-refractivity contribution is 7.99. The van der Waals surface area contributed by atoms with Crippen LogP contribution in [0.4, 0.5) is 0 Å². The van der Waals surface area contributed by atoms with Gasteiger partial charge < -0.3 is 4.98 Å². The number of fused-ring (bicyclic) bond motifs is 3. The van der Waals surface area contributed by atoms with E-state index in [0.29, 0.717) is 21.9 Å². The minimum atomic E-state index is -0.0951. The van der Waals surface area contributed by atoms with Gasteiger partial charge in [-0.25, -0.2) is 4.98 Å². The number of aromatic amines is 1. The number of nitrogens with zero attached hydrogens (tertiary/aromatic N) is 4. The largest absolute Gasteiger partial charge is 0.309 e. The van der Waals surface area contributed by atoms with Crippen LogP contribution in [0.15, 0.2) is 40.5 Å². The van der Waals surface area contributed by atoms with E-state index in [1.54, 1.807) is 17.7 Å². The summed E-state index contributed by atoms with van der Waals surface area (Å²) in [7, 11) is 0. The smallest absolute Gasteiger partial charge is 0.259 e. The summed E-state index contributed by atoms with van der Waals surface area (Å²) in [5, 5.41) is 10.4. The maximum absolute atomic E-state index is 12.9. The average Bonchev–Trinajstić information content (AvgIpc) is 3.31. The molecule has 4 aromatic rings. The first kappa shape index (κ1) is 19.8. The van der Waals surface area contributed by atoms with Gasteiger partial charge in [0, 0.05) is 9.90 Å². The molecular formula is C21H20ClN5OS2. The first-order chi connectivity index (χ1) is 14.5. The summed E-state index contributed by atoms with van der Waals surface area (Å²) in [5.74, 6) is 1.32. The zero-order valence-corrected chi connectivity index (χ0v) is 18.9. The number of halogens is 1. The van der Waals surface area contributed by atoms with Crippen molar-refractivity contribution in [2.24, 2.45) is 5.92 Å². The van der Waals surface area contributed by atoms with Gasteiger partial charge >= 0.3 is 0 Å². The zero-order chi connectivity index (χ0) is 20.8. The van der Waals surface area contributed by atoms with E-state index < -0.39 is 0 Å². The van der Waals surface area contributed by atoms with Crippen LogP contribution in [0.2, 0.25) is 5.02 Å². The summed E-state index contributed by atoms with van der Waals surface area (Å²) in [5.41, 5.74) is 2.05. The van der Waals surface area contributed by atoms with E-state index in [1.807, 2.05) is 35.8 Å². The molecule has 0 bridgehead atoms. The highest BCUT2D eigenvalue weighted by atomic mass is 35.5. The summed E-state index contributed by atoms with van der Waals surface area (Å²) < 4.78 is 1.88. The Morgan fingerprint density at radius 1 is 1.40 bits per heavy atom. The Bertz CT molecular complexity index is 1290. The van der Waals surface area contributed by atoms with Gasteiger partial charge in [-0.05, 0) is 55.9 Å². The van der Waals surface area contributed by atoms with Crippen LogP contribution in [0.3, 0.4) is 0 Å². The van der Waals surface area contributed by atoms with Crippen LogP contribution in [0, 0.1) is 5.92 Å². The first-order valence-corrected chi connectivity index (χ1v) is 11.9. The predicted molar refractivity (Wildman–Crippen MR) is 122 cm³/mol. The van der Waals surface area contributed by atoms with E-state index in [1.165, 1.54) is 22.2 Å². The van der Waals surface area contributed by atoms with E-state index in [9.17, 15) is 4.79 Å². The SMILES string of the molecule is CC1CCc2c(sc3nc(C(C)Sc4nncn4-c4cccc(Cl)c4)[nH]c(=O)c23)C1. The molecule has 154 valence electrons. The van der Waals surface area contributed by atoms with Crippen LogP contribution in [-0.4, -0.2) is 24.7 Å². The molecule has 0 saturated heterocycles. The lowest BCUT2D eigenvalue weighted by Crippen LogP contribution is -2.15. The van der Waals surface area contributed by atoms with Gasteiger partial charge in [-0.3, -0.25) is 9.36 Å². The monoisotopic (exact) mass is 457 g/mol. The predicted octanol–water partition coefficient (Wildman–Crippen LogP) is 5.20. The Kier molecular flexibility index (Phi) is 5.16. The van der Waals surface area contributed by atoms with Crippen LogP contribution < -0.4 is 5.56 Å². The third-order valence-corrected chi connectivity index (χ3v) is 7.90. The molecule has 3 aromatic heterocycles. The fourth-order valence-corrected chi connectivity index (χ4v) is 6.35. The molecule has 0 radical (unpaired) electrons. The Morgan fingerprint density at radius 3 is 3.10 bits per heavy atom. The van der Waals surface area contributed by atoms with Crippen molar-refractivity contribution in [1.82, 2.24) is 24.7 Å². The first-order valence-electron chi connectivity index (χ1n) is 9.86.